The van der Waals surface area contributed by atoms with E-state index in [1.807, 2.05) is 42.5 Å². The number of nitrogens with one attached hydrogen (secondary N) is 2. The van der Waals surface area contributed by atoms with E-state index in [4.69, 9.17) is 9.57 Å². The van der Waals surface area contributed by atoms with E-state index in [1.165, 1.54) is 18.5 Å². The smallest absolute Gasteiger partial charge is 0.142 e. The second kappa shape index (κ2) is 9.23. The van der Waals surface area contributed by atoms with Crippen LogP contribution in [0.5, 0.6) is 5.75 Å². The number of anilines is 2. The van der Waals surface area contributed by atoms with E-state index in [2.05, 4.69) is 27.3 Å². The third-order valence-corrected chi connectivity index (χ3v) is 4.69. The van der Waals surface area contributed by atoms with E-state index in [0.29, 0.717) is 17.3 Å². The topological polar surface area (TPSA) is 68.3 Å². The van der Waals surface area contributed by atoms with E-state index in [-0.39, 0.29) is 12.4 Å². The van der Waals surface area contributed by atoms with Gasteiger partial charge in [-0.15, -0.1) is 0 Å². The van der Waals surface area contributed by atoms with Gasteiger partial charge in [0.25, 0.3) is 0 Å². The maximum atomic E-state index is 13.0. The summed E-state index contributed by atoms with van der Waals surface area (Å²) in [5.41, 5.74) is 6.63. The highest BCUT2D eigenvalue weighted by Gasteiger charge is 2.10. The molecule has 1 heterocycles. The predicted octanol–water partition coefficient (Wildman–Crippen LogP) is 5.21. The van der Waals surface area contributed by atoms with E-state index in [0.717, 1.165) is 27.7 Å². The number of halogens is 1. The molecule has 0 radical (unpaired) electrons. The zero-order valence-corrected chi connectivity index (χ0v) is 16.9. The fourth-order valence-electron chi connectivity index (χ4n) is 3.07. The molecule has 3 aromatic carbocycles. The molecule has 4 aromatic rings. The van der Waals surface area contributed by atoms with Gasteiger partial charge in [0, 0.05) is 10.9 Å². The summed E-state index contributed by atoms with van der Waals surface area (Å²) in [6.45, 7) is 4.30. The molecule has 0 fully saturated rings. The van der Waals surface area contributed by atoms with Gasteiger partial charge in [0.2, 0.25) is 0 Å². The Morgan fingerprint density at radius 3 is 2.65 bits per heavy atom. The molecular formula is C24H21FN4O2. The Hall–Kier alpha value is -3.97. The first-order chi connectivity index (χ1) is 15.1. The quantitative estimate of drug-likeness (QED) is 0.384. The van der Waals surface area contributed by atoms with Crippen molar-refractivity contribution in [1.82, 2.24) is 15.4 Å². The van der Waals surface area contributed by atoms with Gasteiger partial charge in [0.1, 0.15) is 23.7 Å². The Labute approximate surface area is 179 Å². The van der Waals surface area contributed by atoms with Gasteiger partial charge in [0.15, 0.2) is 0 Å². The van der Waals surface area contributed by atoms with E-state index < -0.39 is 0 Å². The summed E-state index contributed by atoms with van der Waals surface area (Å²) >= 11 is 0. The number of ether oxygens (including phenoxy) is 1. The molecule has 0 aliphatic heterocycles. The van der Waals surface area contributed by atoms with Crippen LogP contribution in [0.1, 0.15) is 11.1 Å². The van der Waals surface area contributed by atoms with Gasteiger partial charge < -0.3 is 10.1 Å². The molecule has 0 spiro atoms. The Balaban J connectivity index is 1.50. The maximum absolute atomic E-state index is 13.0. The minimum absolute atomic E-state index is 0.271. The SMILES string of the molecule is C=C(NOCc1ccc(F)cc1)c1ccc(OC)c(Nc2ncnc3ccccc23)c1. The third-order valence-electron chi connectivity index (χ3n) is 4.69. The number of para-hydroxylation sites is 1. The minimum Gasteiger partial charge on any atom is -0.495 e. The van der Waals surface area contributed by atoms with Crippen molar-refractivity contribution >= 4 is 28.1 Å². The number of benzene rings is 3. The maximum Gasteiger partial charge on any atom is 0.142 e. The van der Waals surface area contributed by atoms with Crippen molar-refractivity contribution < 1.29 is 14.0 Å². The van der Waals surface area contributed by atoms with Crippen LogP contribution in [0.4, 0.5) is 15.9 Å². The summed E-state index contributed by atoms with van der Waals surface area (Å²) in [4.78, 5) is 14.2. The highest BCUT2D eigenvalue weighted by molar-refractivity contribution is 5.91. The summed E-state index contributed by atoms with van der Waals surface area (Å²) < 4.78 is 18.5. The Morgan fingerprint density at radius 1 is 1.03 bits per heavy atom. The molecule has 2 N–H and O–H groups in total. The van der Waals surface area contributed by atoms with Crippen LogP contribution in [0.25, 0.3) is 16.6 Å². The van der Waals surface area contributed by atoms with Crippen molar-refractivity contribution in [2.75, 3.05) is 12.4 Å². The fourth-order valence-corrected chi connectivity index (χ4v) is 3.07. The van der Waals surface area contributed by atoms with Crippen molar-refractivity contribution in [3.8, 4) is 5.75 Å². The van der Waals surface area contributed by atoms with Gasteiger partial charge in [-0.1, -0.05) is 30.8 Å². The molecule has 0 aliphatic carbocycles. The second-order valence-electron chi connectivity index (χ2n) is 6.78. The number of hydrogen-bond donors (Lipinski definition) is 2. The van der Waals surface area contributed by atoms with Crippen molar-refractivity contribution in [3.05, 3.63) is 96.6 Å². The molecule has 31 heavy (non-hydrogen) atoms. The minimum atomic E-state index is -0.282. The van der Waals surface area contributed by atoms with Crippen LogP contribution in [-0.2, 0) is 11.4 Å². The van der Waals surface area contributed by atoms with Crippen molar-refractivity contribution in [2.24, 2.45) is 0 Å². The van der Waals surface area contributed by atoms with E-state index in [1.54, 1.807) is 19.2 Å². The molecule has 4 rings (SSSR count). The first-order valence-electron chi connectivity index (χ1n) is 9.60. The number of aromatic nitrogens is 2. The normalized spacial score (nSPS) is 10.6. The molecule has 7 heteroatoms. The van der Waals surface area contributed by atoms with Crippen LogP contribution >= 0.6 is 0 Å². The lowest BCUT2D eigenvalue weighted by Gasteiger charge is -2.15. The van der Waals surface area contributed by atoms with Crippen LogP contribution in [0.3, 0.4) is 0 Å². The lowest BCUT2D eigenvalue weighted by atomic mass is 10.1. The summed E-state index contributed by atoms with van der Waals surface area (Å²) in [5, 5.41) is 4.23. The molecule has 0 aliphatic rings. The van der Waals surface area contributed by atoms with Gasteiger partial charge in [0.05, 0.1) is 30.6 Å². The summed E-state index contributed by atoms with van der Waals surface area (Å²) in [7, 11) is 1.61. The second-order valence-corrected chi connectivity index (χ2v) is 6.78. The van der Waals surface area contributed by atoms with Crippen molar-refractivity contribution in [2.45, 2.75) is 6.61 Å². The molecule has 0 bridgehead atoms. The number of hydrogen-bond acceptors (Lipinski definition) is 6. The van der Waals surface area contributed by atoms with Gasteiger partial charge in [-0.25, -0.2) is 14.4 Å². The fraction of sp³-hybridized carbons (Fsp3) is 0.0833. The standard InChI is InChI=1S/C24H21FN4O2/c1-16(29-31-14-17-7-10-19(25)11-8-17)18-9-12-23(30-2)22(13-18)28-24-20-5-3-4-6-21(20)26-15-27-24/h3-13,15,29H,1,14H2,2H3,(H,26,27,28). The van der Waals surface area contributed by atoms with E-state index in [9.17, 15) is 4.39 Å². The monoisotopic (exact) mass is 416 g/mol. The molecule has 0 amide bonds. The number of rotatable bonds is 8. The van der Waals surface area contributed by atoms with Crippen LogP contribution in [-0.4, -0.2) is 17.1 Å². The molecular weight excluding hydrogens is 395 g/mol. The number of methoxy groups -OCH3 is 1. The predicted molar refractivity (Wildman–Crippen MR) is 119 cm³/mol. The van der Waals surface area contributed by atoms with Crippen molar-refractivity contribution in [3.63, 3.8) is 0 Å². The average Bonchev–Trinajstić information content (AvgIpc) is 2.80. The lowest BCUT2D eigenvalue weighted by Crippen LogP contribution is -2.12. The zero-order valence-electron chi connectivity index (χ0n) is 16.9. The van der Waals surface area contributed by atoms with Gasteiger partial charge in [-0.3, -0.25) is 10.3 Å². The zero-order chi connectivity index (χ0) is 21.6. The first-order valence-corrected chi connectivity index (χ1v) is 9.60. The summed E-state index contributed by atoms with van der Waals surface area (Å²) in [6.07, 6.45) is 1.52. The van der Waals surface area contributed by atoms with Gasteiger partial charge in [-0.2, -0.15) is 0 Å². The van der Waals surface area contributed by atoms with Gasteiger partial charge in [-0.05, 0) is 48.0 Å². The Bertz CT molecular complexity index is 1210. The number of fused-ring (bicyclic) bond motifs is 1. The lowest BCUT2D eigenvalue weighted by molar-refractivity contribution is 0.0648. The van der Waals surface area contributed by atoms with Crippen LogP contribution < -0.4 is 15.5 Å². The van der Waals surface area contributed by atoms with Crippen LogP contribution in [0.15, 0.2) is 79.6 Å². The average molecular weight is 416 g/mol. The largest absolute Gasteiger partial charge is 0.495 e. The molecule has 0 saturated carbocycles. The number of nitrogens with zero attached hydrogens (tertiary/aromatic N) is 2. The molecule has 156 valence electrons. The Kier molecular flexibility index (Phi) is 6.05. The molecule has 0 unspecified atom stereocenters. The molecule has 6 nitrogen and oxygen atoms in total. The number of hydroxylamine groups is 1. The highest BCUT2D eigenvalue weighted by atomic mass is 19.1. The molecule has 0 saturated heterocycles. The third kappa shape index (κ3) is 4.79. The Morgan fingerprint density at radius 2 is 1.84 bits per heavy atom. The highest BCUT2D eigenvalue weighted by Crippen LogP contribution is 2.31. The van der Waals surface area contributed by atoms with Crippen molar-refractivity contribution in [1.29, 1.82) is 0 Å². The first kappa shape index (κ1) is 20.3. The van der Waals surface area contributed by atoms with E-state index >= 15 is 0 Å². The molecule has 1 aromatic heterocycles. The summed E-state index contributed by atoms with van der Waals surface area (Å²) in [5.74, 6) is 1.05. The molecule has 0 atom stereocenters. The van der Waals surface area contributed by atoms with Crippen LogP contribution in [0.2, 0.25) is 0 Å². The summed E-state index contributed by atoms with van der Waals surface area (Å²) in [6, 6.07) is 19.5. The van der Waals surface area contributed by atoms with Crippen LogP contribution in [0, 0.1) is 5.82 Å². The van der Waals surface area contributed by atoms with Gasteiger partial charge >= 0.3 is 0 Å².